The number of anilines is 1. The van der Waals surface area contributed by atoms with Crippen LogP contribution in [-0.2, 0) is 5.41 Å². The average molecular weight is 189 g/mol. The van der Waals surface area contributed by atoms with Crippen molar-refractivity contribution < 1.29 is 0 Å². The van der Waals surface area contributed by atoms with E-state index < -0.39 is 0 Å². The Kier molecular flexibility index (Phi) is 2.02. The fourth-order valence-electron chi connectivity index (χ4n) is 1.61. The molecule has 0 radical (unpaired) electrons. The molecule has 1 aromatic heterocycles. The summed E-state index contributed by atoms with van der Waals surface area (Å²) in [5.74, 6) is 1.01. The molecule has 1 aliphatic carbocycles. The van der Waals surface area contributed by atoms with Gasteiger partial charge in [0.2, 0.25) is 5.95 Å². The summed E-state index contributed by atoms with van der Waals surface area (Å²) in [4.78, 5) is 8.04. The van der Waals surface area contributed by atoms with Gasteiger partial charge in [0.05, 0.1) is 0 Å². The molecule has 0 amide bonds. The molecule has 2 N–H and O–H groups in total. The molecular formula is C11H15N3. The van der Waals surface area contributed by atoms with Crippen LogP contribution < -0.4 is 5.73 Å². The van der Waals surface area contributed by atoms with Crippen LogP contribution in [0.3, 0.4) is 0 Å². The monoisotopic (exact) mass is 189 g/mol. The van der Waals surface area contributed by atoms with E-state index in [4.69, 9.17) is 5.73 Å². The van der Waals surface area contributed by atoms with Crippen LogP contribution in [-0.4, -0.2) is 9.97 Å². The number of hydrogen-bond acceptors (Lipinski definition) is 3. The normalized spacial score (nSPS) is 15.9. The predicted molar refractivity (Wildman–Crippen MR) is 56.7 cm³/mol. The first-order chi connectivity index (χ1) is 6.58. The van der Waals surface area contributed by atoms with Crippen molar-refractivity contribution in [2.45, 2.75) is 25.7 Å². The second-order valence-corrected chi connectivity index (χ2v) is 4.47. The van der Waals surface area contributed by atoms with E-state index in [9.17, 15) is 0 Å². The number of nitrogens with two attached hydrogens (primary N) is 1. The Labute approximate surface area is 84.1 Å². The third-order valence-corrected chi connectivity index (χ3v) is 2.66. The summed E-state index contributed by atoms with van der Waals surface area (Å²) < 4.78 is 0. The summed E-state index contributed by atoms with van der Waals surface area (Å²) in [6.07, 6.45) is 9.22. The van der Waals surface area contributed by atoms with E-state index in [2.05, 4.69) is 36.0 Å². The van der Waals surface area contributed by atoms with Crippen LogP contribution in [0.2, 0.25) is 0 Å². The van der Waals surface area contributed by atoms with E-state index in [0.29, 0.717) is 11.9 Å². The molecule has 0 aliphatic heterocycles. The van der Waals surface area contributed by atoms with Gasteiger partial charge in [0, 0.05) is 12.4 Å². The van der Waals surface area contributed by atoms with Crippen LogP contribution in [0, 0.1) is 5.92 Å². The summed E-state index contributed by atoms with van der Waals surface area (Å²) in [5, 5.41) is 0. The molecule has 0 fully saturated rings. The molecule has 74 valence electrons. The molecule has 0 unspecified atom stereocenters. The molecule has 3 heteroatoms. The van der Waals surface area contributed by atoms with Gasteiger partial charge in [-0.1, -0.05) is 26.0 Å². The minimum atomic E-state index is 0.127. The van der Waals surface area contributed by atoms with Crippen molar-refractivity contribution in [3.05, 3.63) is 30.1 Å². The Balaban J connectivity index is 2.14. The summed E-state index contributed by atoms with van der Waals surface area (Å²) in [5.41, 5.74) is 6.73. The van der Waals surface area contributed by atoms with Gasteiger partial charge in [0.15, 0.2) is 0 Å². The maximum atomic E-state index is 5.45. The fraction of sp³-hybridized carbons (Fsp3) is 0.455. The first kappa shape index (κ1) is 9.19. The summed E-state index contributed by atoms with van der Waals surface area (Å²) in [6.45, 7) is 4.42. The minimum absolute atomic E-state index is 0.127. The second-order valence-electron chi connectivity index (χ2n) is 4.47. The van der Waals surface area contributed by atoms with Gasteiger partial charge in [-0.15, -0.1) is 0 Å². The standard InChI is InChI=1S/C11H15N3/c1-11(2,5-8-3-4-8)9-6-13-10(12)14-7-9/h3-4,6-8H,5H2,1-2H3,(H2,12,13,14). The molecule has 14 heavy (non-hydrogen) atoms. The van der Waals surface area contributed by atoms with Gasteiger partial charge in [-0.2, -0.15) is 0 Å². The van der Waals surface area contributed by atoms with Crippen molar-refractivity contribution in [1.82, 2.24) is 9.97 Å². The van der Waals surface area contributed by atoms with Crippen LogP contribution >= 0.6 is 0 Å². The summed E-state index contributed by atoms with van der Waals surface area (Å²) in [6, 6.07) is 0. The SMILES string of the molecule is CC(C)(CC1C=C1)c1cnc(N)nc1. The highest BCUT2D eigenvalue weighted by Crippen LogP contribution is 2.35. The van der Waals surface area contributed by atoms with Gasteiger partial charge in [-0.3, -0.25) is 0 Å². The van der Waals surface area contributed by atoms with E-state index >= 15 is 0 Å². The van der Waals surface area contributed by atoms with Crippen molar-refractivity contribution in [2.75, 3.05) is 5.73 Å². The van der Waals surface area contributed by atoms with Crippen molar-refractivity contribution in [1.29, 1.82) is 0 Å². The highest BCUT2D eigenvalue weighted by atomic mass is 15.0. The molecule has 3 nitrogen and oxygen atoms in total. The van der Waals surface area contributed by atoms with Crippen LogP contribution in [0.4, 0.5) is 5.95 Å². The summed E-state index contributed by atoms with van der Waals surface area (Å²) >= 11 is 0. The Morgan fingerprint density at radius 2 is 1.86 bits per heavy atom. The zero-order valence-electron chi connectivity index (χ0n) is 8.57. The Morgan fingerprint density at radius 3 is 2.36 bits per heavy atom. The molecule has 0 aromatic carbocycles. The Bertz CT molecular complexity index is 345. The van der Waals surface area contributed by atoms with E-state index in [1.807, 2.05) is 12.4 Å². The zero-order chi connectivity index (χ0) is 10.2. The van der Waals surface area contributed by atoms with Crippen LogP contribution in [0.25, 0.3) is 0 Å². The van der Waals surface area contributed by atoms with Gasteiger partial charge >= 0.3 is 0 Å². The lowest BCUT2D eigenvalue weighted by Gasteiger charge is -2.24. The van der Waals surface area contributed by atoms with Gasteiger partial charge in [-0.25, -0.2) is 9.97 Å². The third-order valence-electron chi connectivity index (χ3n) is 2.66. The molecule has 0 bridgehead atoms. The number of nitrogens with zero attached hydrogens (tertiary/aromatic N) is 2. The molecule has 0 saturated heterocycles. The zero-order valence-corrected chi connectivity index (χ0v) is 8.57. The lowest BCUT2D eigenvalue weighted by Crippen LogP contribution is -2.19. The second kappa shape index (κ2) is 3.08. The highest BCUT2D eigenvalue weighted by Gasteiger charge is 2.27. The van der Waals surface area contributed by atoms with Crippen molar-refractivity contribution >= 4 is 5.95 Å². The molecule has 2 rings (SSSR count). The number of hydrogen-bond donors (Lipinski definition) is 1. The lowest BCUT2D eigenvalue weighted by molar-refractivity contribution is 0.459. The third kappa shape index (κ3) is 1.92. The number of nitrogen functional groups attached to an aromatic ring is 1. The molecular weight excluding hydrogens is 174 g/mol. The van der Waals surface area contributed by atoms with Gasteiger partial charge in [0.25, 0.3) is 0 Å². The number of allylic oxidation sites excluding steroid dienone is 2. The van der Waals surface area contributed by atoms with Crippen LogP contribution in [0.15, 0.2) is 24.5 Å². The van der Waals surface area contributed by atoms with Crippen molar-refractivity contribution in [3.63, 3.8) is 0 Å². The summed E-state index contributed by atoms with van der Waals surface area (Å²) in [7, 11) is 0. The molecule has 1 aromatic rings. The Morgan fingerprint density at radius 1 is 1.29 bits per heavy atom. The fourth-order valence-corrected chi connectivity index (χ4v) is 1.61. The maximum Gasteiger partial charge on any atom is 0.219 e. The van der Waals surface area contributed by atoms with Crippen LogP contribution in [0.5, 0.6) is 0 Å². The topological polar surface area (TPSA) is 51.8 Å². The van der Waals surface area contributed by atoms with E-state index in [-0.39, 0.29) is 5.41 Å². The van der Waals surface area contributed by atoms with E-state index in [0.717, 1.165) is 12.0 Å². The molecule has 1 heterocycles. The average Bonchev–Trinajstić information content (AvgIpc) is 2.88. The highest BCUT2D eigenvalue weighted by molar-refractivity contribution is 5.25. The first-order valence-electron chi connectivity index (χ1n) is 4.84. The van der Waals surface area contributed by atoms with Crippen molar-refractivity contribution in [2.24, 2.45) is 5.92 Å². The maximum absolute atomic E-state index is 5.45. The quantitative estimate of drug-likeness (QED) is 0.739. The number of aromatic nitrogens is 2. The predicted octanol–water partition coefficient (Wildman–Crippen LogP) is 1.91. The van der Waals surface area contributed by atoms with E-state index in [1.165, 1.54) is 0 Å². The number of rotatable bonds is 3. The van der Waals surface area contributed by atoms with Gasteiger partial charge in [-0.05, 0) is 23.3 Å². The lowest BCUT2D eigenvalue weighted by atomic mass is 9.81. The Hall–Kier alpha value is -1.38. The van der Waals surface area contributed by atoms with Gasteiger partial charge in [0.1, 0.15) is 0 Å². The van der Waals surface area contributed by atoms with E-state index in [1.54, 1.807) is 0 Å². The first-order valence-corrected chi connectivity index (χ1v) is 4.84. The molecule has 0 spiro atoms. The molecule has 1 aliphatic rings. The molecule has 0 atom stereocenters. The largest absolute Gasteiger partial charge is 0.368 e. The molecule has 0 saturated carbocycles. The minimum Gasteiger partial charge on any atom is -0.368 e. The smallest absolute Gasteiger partial charge is 0.219 e. The van der Waals surface area contributed by atoms with Crippen LogP contribution in [0.1, 0.15) is 25.8 Å². The van der Waals surface area contributed by atoms with Crippen molar-refractivity contribution in [3.8, 4) is 0 Å². The van der Waals surface area contributed by atoms with Gasteiger partial charge < -0.3 is 5.73 Å².